The number of carbonyl (C=O) groups is 11. The van der Waals surface area contributed by atoms with E-state index < -0.39 is 120 Å². The summed E-state index contributed by atoms with van der Waals surface area (Å²) in [4.78, 5) is 159. The number of pyridine rings is 1. The third-order valence-electron chi connectivity index (χ3n) is 14.2. The number of amides is 10. The molecular weight excluding hydrogens is 1140 g/mol. The van der Waals surface area contributed by atoms with Gasteiger partial charge in [-0.1, -0.05) is 60.7 Å². The van der Waals surface area contributed by atoms with Crippen LogP contribution in [0, 0.1) is 0 Å². The summed E-state index contributed by atoms with van der Waals surface area (Å²) in [5.74, 6) is -3.69. The average Bonchev–Trinajstić information content (AvgIpc) is 2.91. The molecule has 0 aliphatic carbocycles. The van der Waals surface area contributed by atoms with Crippen LogP contribution >= 0.6 is 11.8 Å². The molecule has 0 unspecified atom stereocenters. The molecule has 3 heterocycles. The van der Waals surface area contributed by atoms with Gasteiger partial charge in [-0.3, -0.25) is 52.7 Å². The standard InChI is InChI=1S/C59H74N14O13S/c1-33-52(79)70-45(28-35-17-20-38(74)21-18-35)57(84)67-41(15-8-9-25-62-54(81)43(22-24-49(75)65-33)66-53(80)36-19-23-48(73-61)64-31-36)55(82)71-46(29-37-32-63-40-14-7-6-13-39(37)40)58(85)68-42(16-10-26-87-2)56(83)72-47(30-50(76)77)59(86)69-44(51(60)78)27-34-11-4-3-5-12-34/h3-7,11-14,17-21,23,31-33,41-47,63,74H,8-10,15-16,22,24-30,61H2,1-2H3,(H2,60,78)(H,62,81)(H,64,73)(H,65,75)(H,66,80)(H,67,84)(H,68,85)(H,69,86)(H,70,79)(H,71,82)(H,72,83)(H,76,77)/t33-,41+,42+,43+,44-,45-,46-,47-/m0/s1. The highest BCUT2D eigenvalue weighted by Gasteiger charge is 2.35. The van der Waals surface area contributed by atoms with Gasteiger partial charge in [-0.05, 0) is 104 Å². The molecule has 17 N–H and O–H groups in total. The van der Waals surface area contributed by atoms with Gasteiger partial charge in [0.25, 0.3) is 5.91 Å². The lowest BCUT2D eigenvalue weighted by atomic mass is 10.0. The summed E-state index contributed by atoms with van der Waals surface area (Å²) in [5, 5.41) is 44.4. The normalized spacial score (nSPS) is 18.4. The van der Waals surface area contributed by atoms with Crippen LogP contribution in [0.15, 0.2) is 103 Å². The fourth-order valence-electron chi connectivity index (χ4n) is 9.48. The van der Waals surface area contributed by atoms with Crippen LogP contribution in [-0.2, 0) is 67.2 Å². The molecule has 27 nitrogen and oxygen atoms in total. The third-order valence-corrected chi connectivity index (χ3v) is 14.9. The summed E-state index contributed by atoms with van der Waals surface area (Å²) >= 11 is 1.45. The maximum absolute atomic E-state index is 15.0. The first-order valence-corrected chi connectivity index (χ1v) is 29.6. The van der Waals surface area contributed by atoms with Crippen LogP contribution in [0.25, 0.3) is 10.9 Å². The summed E-state index contributed by atoms with van der Waals surface area (Å²) in [5.41, 5.74) is 10.5. The minimum atomic E-state index is -1.75. The number of hydrazine groups is 1. The molecule has 10 amide bonds. The van der Waals surface area contributed by atoms with Gasteiger partial charge in [0.2, 0.25) is 53.2 Å². The Balaban J connectivity index is 1.29. The lowest BCUT2D eigenvalue weighted by Crippen LogP contribution is -2.60. The molecule has 28 heteroatoms. The quantitative estimate of drug-likeness (QED) is 0.0219. The highest BCUT2D eigenvalue weighted by atomic mass is 32.2. The Hall–Kier alpha value is -9.57. The number of nitrogens with two attached hydrogens (primary N) is 2. The Morgan fingerprint density at radius 3 is 2.11 bits per heavy atom. The number of nitrogen functional groups attached to an aromatic ring is 1. The lowest BCUT2D eigenvalue weighted by molar-refractivity contribution is -0.141. The topological polar surface area (TPSA) is 429 Å². The molecule has 1 fully saturated rings. The number of aromatic amines is 1. The second kappa shape index (κ2) is 33.2. The molecular formula is C59H74N14O13S. The first-order chi connectivity index (χ1) is 41.7. The minimum Gasteiger partial charge on any atom is -0.508 e. The van der Waals surface area contributed by atoms with E-state index in [-0.39, 0.29) is 81.5 Å². The molecule has 1 saturated heterocycles. The van der Waals surface area contributed by atoms with Crippen LogP contribution in [-0.4, -0.2) is 152 Å². The Bertz CT molecular complexity index is 3220. The van der Waals surface area contributed by atoms with E-state index in [9.17, 15) is 63.0 Å². The summed E-state index contributed by atoms with van der Waals surface area (Å²) in [6.45, 7) is 1.36. The van der Waals surface area contributed by atoms with E-state index in [1.807, 2.05) is 6.26 Å². The number of hydrogen-bond donors (Lipinski definition) is 15. The number of nitrogens with zero attached hydrogens (tertiary/aromatic N) is 1. The Morgan fingerprint density at radius 1 is 0.736 bits per heavy atom. The highest BCUT2D eigenvalue weighted by Crippen LogP contribution is 2.21. The zero-order chi connectivity index (χ0) is 63.0. The van der Waals surface area contributed by atoms with Crippen molar-refractivity contribution in [1.29, 1.82) is 0 Å². The Labute approximate surface area is 505 Å². The number of phenols is 1. The van der Waals surface area contributed by atoms with Crippen LogP contribution in [0.4, 0.5) is 5.82 Å². The first kappa shape index (κ1) is 66.6. The number of aliphatic carboxylic acids is 1. The number of carboxylic acids is 1. The third kappa shape index (κ3) is 20.9. The van der Waals surface area contributed by atoms with Crippen molar-refractivity contribution < 1.29 is 63.0 Å². The number of fused-ring (bicyclic) bond motifs is 1. The Kier molecular flexibility index (Phi) is 25.4. The molecule has 1 aliphatic heterocycles. The average molecular weight is 1220 g/mol. The number of carbonyl (C=O) groups excluding carboxylic acids is 10. The SMILES string of the molecule is CSCCC[C@@H](NC(=O)[C@H](Cc1c[nH]c2ccccc12)NC(=O)[C@H]1CCCCNC(=O)[C@H](NC(=O)c2ccc(NN)nc2)CCC(=O)N[C@@H](C)C(=O)N[C@@H](Cc2ccc(O)cc2)C(=O)N1)C(=O)N[C@@H](CC(=O)O)C(=O)N[C@@H](Cc1ccccc1)C(N)=O. The first-order valence-electron chi connectivity index (χ1n) is 28.2. The smallest absolute Gasteiger partial charge is 0.305 e. The number of rotatable bonds is 24. The predicted molar refractivity (Wildman–Crippen MR) is 322 cm³/mol. The van der Waals surface area contributed by atoms with Gasteiger partial charge in [0.15, 0.2) is 0 Å². The summed E-state index contributed by atoms with van der Waals surface area (Å²) in [6, 6.07) is 13.1. The van der Waals surface area contributed by atoms with Gasteiger partial charge in [-0.2, -0.15) is 11.8 Å². The van der Waals surface area contributed by atoms with Gasteiger partial charge < -0.3 is 74.2 Å². The van der Waals surface area contributed by atoms with Crippen molar-refractivity contribution >= 4 is 93.5 Å². The molecule has 1 aliphatic rings. The van der Waals surface area contributed by atoms with Crippen molar-refractivity contribution in [3.05, 3.63) is 126 Å². The fraction of sp³-hybridized carbons (Fsp3) is 0.390. The number of hydrogen-bond acceptors (Lipinski definition) is 16. The second-order valence-corrected chi connectivity index (χ2v) is 21.8. The van der Waals surface area contributed by atoms with Crippen molar-refractivity contribution in [2.45, 2.75) is 126 Å². The van der Waals surface area contributed by atoms with Crippen molar-refractivity contribution in [3.63, 3.8) is 0 Å². The molecule has 464 valence electrons. The minimum absolute atomic E-state index is 0.00530. The van der Waals surface area contributed by atoms with Crippen molar-refractivity contribution in [1.82, 2.24) is 57.8 Å². The number of primary amides is 1. The van der Waals surface area contributed by atoms with Crippen molar-refractivity contribution in [2.75, 3.05) is 24.0 Å². The molecule has 0 spiro atoms. The number of thioether (sulfide) groups is 1. The molecule has 5 aromatic rings. The zero-order valence-electron chi connectivity index (χ0n) is 48.0. The summed E-state index contributed by atoms with van der Waals surface area (Å²) < 4.78 is 0. The van der Waals surface area contributed by atoms with E-state index in [0.29, 0.717) is 39.8 Å². The molecule has 0 bridgehead atoms. The number of phenolic OH excluding ortho intramolecular Hbond substituents is 1. The molecule has 3 aromatic carbocycles. The number of aromatic nitrogens is 2. The van der Waals surface area contributed by atoms with E-state index in [0.717, 1.165) is 0 Å². The van der Waals surface area contributed by atoms with Crippen LogP contribution in [0.1, 0.15) is 85.3 Å². The van der Waals surface area contributed by atoms with Gasteiger partial charge in [-0.25, -0.2) is 10.8 Å². The maximum Gasteiger partial charge on any atom is 0.305 e. The Morgan fingerprint density at radius 2 is 1.43 bits per heavy atom. The zero-order valence-corrected chi connectivity index (χ0v) is 48.8. The number of nitrogens with one attached hydrogen (secondary N) is 11. The predicted octanol–water partition coefficient (Wildman–Crippen LogP) is -0.0224. The molecule has 6 rings (SSSR count). The molecule has 0 saturated carbocycles. The van der Waals surface area contributed by atoms with Crippen LogP contribution in [0.2, 0.25) is 0 Å². The number of benzene rings is 3. The van der Waals surface area contributed by atoms with Crippen molar-refractivity contribution in [2.24, 2.45) is 11.6 Å². The number of anilines is 1. The van der Waals surface area contributed by atoms with Gasteiger partial charge in [0.05, 0.1) is 12.0 Å². The van der Waals surface area contributed by atoms with Crippen molar-refractivity contribution in [3.8, 4) is 5.75 Å². The van der Waals surface area contributed by atoms with E-state index in [1.54, 1.807) is 60.8 Å². The lowest BCUT2D eigenvalue weighted by Gasteiger charge is -2.28. The largest absolute Gasteiger partial charge is 0.508 e. The van der Waals surface area contributed by atoms with Crippen LogP contribution < -0.4 is 64.9 Å². The van der Waals surface area contributed by atoms with Gasteiger partial charge >= 0.3 is 5.97 Å². The van der Waals surface area contributed by atoms with Crippen LogP contribution in [0.3, 0.4) is 0 Å². The summed E-state index contributed by atoms with van der Waals surface area (Å²) in [7, 11) is 0. The second-order valence-electron chi connectivity index (χ2n) is 20.8. The van der Waals surface area contributed by atoms with Gasteiger partial charge in [0, 0.05) is 55.5 Å². The monoisotopic (exact) mass is 1220 g/mol. The molecule has 87 heavy (non-hydrogen) atoms. The highest BCUT2D eigenvalue weighted by molar-refractivity contribution is 7.98. The van der Waals surface area contributed by atoms with E-state index in [4.69, 9.17) is 11.6 Å². The fourth-order valence-corrected chi connectivity index (χ4v) is 9.93. The molecule has 8 atom stereocenters. The van der Waals surface area contributed by atoms with E-state index in [2.05, 4.69) is 63.2 Å². The number of H-pyrrole nitrogens is 1. The molecule has 0 radical (unpaired) electrons. The van der Waals surface area contributed by atoms with Gasteiger partial charge in [-0.15, -0.1) is 0 Å². The number of aromatic hydroxyl groups is 1. The van der Waals surface area contributed by atoms with Crippen LogP contribution in [0.5, 0.6) is 5.75 Å². The maximum atomic E-state index is 15.0. The van der Waals surface area contributed by atoms with E-state index >= 15 is 0 Å². The number of para-hydroxylation sites is 1. The number of carboxylic acid groups (broad SMARTS) is 1. The molecule has 2 aromatic heterocycles. The van der Waals surface area contributed by atoms with E-state index in [1.165, 1.54) is 61.3 Å². The van der Waals surface area contributed by atoms with Gasteiger partial charge in [0.1, 0.15) is 59.9 Å². The summed E-state index contributed by atoms with van der Waals surface area (Å²) in [6.07, 6.45) is 3.41.